The Morgan fingerprint density at radius 1 is 1.11 bits per heavy atom. The molecular weight excluding hydrogens is 230 g/mol. The highest BCUT2D eigenvalue weighted by Gasteiger charge is 2.22. The molecule has 0 radical (unpaired) electrons. The summed E-state index contributed by atoms with van der Waals surface area (Å²) < 4.78 is 0. The van der Waals surface area contributed by atoms with Crippen molar-refractivity contribution in [3.8, 4) is 0 Å². The van der Waals surface area contributed by atoms with Gasteiger partial charge in [-0.2, -0.15) is 4.98 Å². The average molecular weight is 245 g/mol. The Morgan fingerprint density at radius 3 is 2.39 bits per heavy atom. The SMILES string of the molecule is CC(C)(Cc1nc(=O)[nH]c(=O)[nH]1)c1ccccc1. The number of aromatic amines is 2. The molecule has 0 bridgehead atoms. The fraction of sp³-hybridized carbons (Fsp3) is 0.308. The van der Waals surface area contributed by atoms with Crippen LogP contribution in [0, 0.1) is 0 Å². The molecule has 2 rings (SSSR count). The number of hydrogen-bond donors (Lipinski definition) is 2. The molecule has 18 heavy (non-hydrogen) atoms. The molecule has 0 atom stereocenters. The Bertz CT molecular complexity index is 613. The second-order valence-electron chi connectivity index (χ2n) is 4.87. The molecule has 0 amide bonds. The standard InChI is InChI=1S/C13H15N3O2/c1-13(2,9-6-4-3-5-7-9)8-10-14-11(17)16-12(18)15-10/h3-7H,8H2,1-2H3,(H2,14,15,16,17,18). The molecule has 2 N–H and O–H groups in total. The van der Waals surface area contributed by atoms with Crippen LogP contribution in [0.5, 0.6) is 0 Å². The predicted molar refractivity (Wildman–Crippen MR) is 68.7 cm³/mol. The molecule has 5 nitrogen and oxygen atoms in total. The van der Waals surface area contributed by atoms with Crippen LogP contribution in [0.15, 0.2) is 39.9 Å². The van der Waals surface area contributed by atoms with Gasteiger partial charge >= 0.3 is 11.4 Å². The zero-order valence-corrected chi connectivity index (χ0v) is 10.4. The molecule has 1 aromatic carbocycles. The zero-order chi connectivity index (χ0) is 13.2. The largest absolute Gasteiger partial charge is 0.350 e. The van der Waals surface area contributed by atoms with Crippen LogP contribution in [0.3, 0.4) is 0 Å². The van der Waals surface area contributed by atoms with E-state index in [4.69, 9.17) is 0 Å². The monoisotopic (exact) mass is 245 g/mol. The number of H-pyrrole nitrogens is 2. The zero-order valence-electron chi connectivity index (χ0n) is 10.4. The highest BCUT2D eigenvalue weighted by atomic mass is 16.2. The molecule has 0 saturated carbocycles. The van der Waals surface area contributed by atoms with Gasteiger partial charge in [-0.1, -0.05) is 44.2 Å². The van der Waals surface area contributed by atoms with E-state index in [1.165, 1.54) is 0 Å². The van der Waals surface area contributed by atoms with E-state index in [-0.39, 0.29) is 5.41 Å². The van der Waals surface area contributed by atoms with E-state index in [2.05, 4.69) is 15.0 Å². The van der Waals surface area contributed by atoms with Crippen molar-refractivity contribution in [2.24, 2.45) is 0 Å². The van der Waals surface area contributed by atoms with Gasteiger partial charge in [-0.3, -0.25) is 9.97 Å². The van der Waals surface area contributed by atoms with Crippen molar-refractivity contribution in [2.75, 3.05) is 0 Å². The van der Waals surface area contributed by atoms with Gasteiger partial charge in [0.1, 0.15) is 5.82 Å². The smallest absolute Gasteiger partial charge is 0.295 e. The number of hydrogen-bond acceptors (Lipinski definition) is 3. The quantitative estimate of drug-likeness (QED) is 0.846. The molecule has 94 valence electrons. The van der Waals surface area contributed by atoms with E-state index in [9.17, 15) is 9.59 Å². The highest BCUT2D eigenvalue weighted by molar-refractivity contribution is 5.24. The Kier molecular flexibility index (Phi) is 3.14. The third-order valence-electron chi connectivity index (χ3n) is 2.88. The minimum Gasteiger partial charge on any atom is -0.295 e. The Hall–Kier alpha value is -2.17. The van der Waals surface area contributed by atoms with Crippen molar-refractivity contribution in [3.05, 3.63) is 62.7 Å². The van der Waals surface area contributed by atoms with E-state index in [1.807, 2.05) is 44.2 Å². The van der Waals surface area contributed by atoms with Crippen LogP contribution >= 0.6 is 0 Å². The number of nitrogens with zero attached hydrogens (tertiary/aromatic N) is 1. The summed E-state index contributed by atoms with van der Waals surface area (Å²) in [7, 11) is 0. The van der Waals surface area contributed by atoms with Gasteiger partial charge in [-0.15, -0.1) is 0 Å². The maximum atomic E-state index is 11.2. The molecule has 0 aliphatic rings. The summed E-state index contributed by atoms with van der Waals surface area (Å²) in [6, 6.07) is 9.92. The lowest BCUT2D eigenvalue weighted by Gasteiger charge is -2.24. The molecule has 0 aliphatic carbocycles. The lowest BCUT2D eigenvalue weighted by molar-refractivity contribution is 0.502. The number of rotatable bonds is 3. The Labute approximate surface area is 104 Å². The van der Waals surface area contributed by atoms with Crippen molar-refractivity contribution in [1.82, 2.24) is 15.0 Å². The summed E-state index contributed by atoms with van der Waals surface area (Å²) in [4.78, 5) is 30.7. The molecule has 2 aromatic rings. The van der Waals surface area contributed by atoms with Gasteiger partial charge in [-0.05, 0) is 11.0 Å². The molecule has 0 saturated heterocycles. The number of benzene rings is 1. The summed E-state index contributed by atoms with van der Waals surface area (Å²) in [6.07, 6.45) is 0.496. The third-order valence-corrected chi connectivity index (χ3v) is 2.88. The van der Waals surface area contributed by atoms with Crippen molar-refractivity contribution in [2.45, 2.75) is 25.7 Å². The summed E-state index contributed by atoms with van der Waals surface area (Å²) >= 11 is 0. The van der Waals surface area contributed by atoms with Gasteiger partial charge in [0.05, 0.1) is 0 Å². The van der Waals surface area contributed by atoms with Gasteiger partial charge in [0.2, 0.25) is 0 Å². The maximum absolute atomic E-state index is 11.2. The molecule has 1 aromatic heterocycles. The molecule has 5 heteroatoms. The van der Waals surface area contributed by atoms with Crippen molar-refractivity contribution >= 4 is 0 Å². The van der Waals surface area contributed by atoms with Crippen LogP contribution in [0.4, 0.5) is 0 Å². The summed E-state index contributed by atoms with van der Waals surface area (Å²) in [5.74, 6) is 0.401. The van der Waals surface area contributed by atoms with E-state index >= 15 is 0 Å². The van der Waals surface area contributed by atoms with E-state index < -0.39 is 11.4 Å². The summed E-state index contributed by atoms with van der Waals surface area (Å²) in [6.45, 7) is 4.09. The van der Waals surface area contributed by atoms with E-state index in [0.29, 0.717) is 12.2 Å². The van der Waals surface area contributed by atoms with Crippen molar-refractivity contribution < 1.29 is 0 Å². The number of aromatic nitrogens is 3. The van der Waals surface area contributed by atoms with Crippen LogP contribution < -0.4 is 11.4 Å². The first-order chi connectivity index (χ1) is 8.47. The van der Waals surface area contributed by atoms with Crippen LogP contribution in [-0.2, 0) is 11.8 Å². The van der Waals surface area contributed by atoms with E-state index in [1.54, 1.807) is 0 Å². The second kappa shape index (κ2) is 4.60. The maximum Gasteiger partial charge on any atom is 0.350 e. The minimum absolute atomic E-state index is 0.203. The molecule has 1 heterocycles. The fourth-order valence-corrected chi connectivity index (χ4v) is 1.93. The molecule has 0 fully saturated rings. The van der Waals surface area contributed by atoms with Gasteiger partial charge in [0, 0.05) is 6.42 Å². The first-order valence-electron chi connectivity index (χ1n) is 5.72. The van der Waals surface area contributed by atoms with Crippen molar-refractivity contribution in [1.29, 1.82) is 0 Å². The molecular formula is C13H15N3O2. The van der Waals surface area contributed by atoms with Gasteiger partial charge in [-0.25, -0.2) is 9.59 Å². The first kappa shape index (κ1) is 12.3. The van der Waals surface area contributed by atoms with Crippen LogP contribution in [0.25, 0.3) is 0 Å². The average Bonchev–Trinajstić information content (AvgIpc) is 2.28. The fourth-order valence-electron chi connectivity index (χ4n) is 1.93. The molecule has 0 aliphatic heterocycles. The van der Waals surface area contributed by atoms with Crippen molar-refractivity contribution in [3.63, 3.8) is 0 Å². The van der Waals surface area contributed by atoms with E-state index in [0.717, 1.165) is 5.56 Å². The van der Waals surface area contributed by atoms with Crippen LogP contribution in [0.2, 0.25) is 0 Å². The lowest BCUT2D eigenvalue weighted by atomic mass is 9.81. The highest BCUT2D eigenvalue weighted by Crippen LogP contribution is 2.25. The molecule has 0 spiro atoms. The Morgan fingerprint density at radius 2 is 1.78 bits per heavy atom. The number of nitrogens with one attached hydrogen (secondary N) is 2. The Balaban J connectivity index is 2.33. The minimum atomic E-state index is -0.613. The van der Waals surface area contributed by atoms with Gasteiger partial charge < -0.3 is 0 Å². The second-order valence-corrected chi connectivity index (χ2v) is 4.87. The van der Waals surface area contributed by atoms with Crippen LogP contribution in [-0.4, -0.2) is 15.0 Å². The normalized spacial score (nSPS) is 11.4. The first-order valence-corrected chi connectivity index (χ1v) is 5.72. The summed E-state index contributed by atoms with van der Waals surface area (Å²) in [5.41, 5.74) is -0.204. The molecule has 0 unspecified atom stereocenters. The third kappa shape index (κ3) is 2.74. The van der Waals surface area contributed by atoms with Gasteiger partial charge in [0.15, 0.2) is 0 Å². The lowest BCUT2D eigenvalue weighted by Crippen LogP contribution is -2.30. The topological polar surface area (TPSA) is 78.6 Å². The van der Waals surface area contributed by atoms with Gasteiger partial charge in [0.25, 0.3) is 0 Å². The van der Waals surface area contributed by atoms with Crippen LogP contribution in [0.1, 0.15) is 25.2 Å². The predicted octanol–water partition coefficient (Wildman–Crippen LogP) is 0.978. The summed E-state index contributed by atoms with van der Waals surface area (Å²) in [5, 5.41) is 0.